The number of halogens is 4. The Hall–Kier alpha value is -1.66. The van der Waals surface area contributed by atoms with E-state index in [0.717, 1.165) is 6.07 Å². The van der Waals surface area contributed by atoms with Gasteiger partial charge < -0.3 is 11.1 Å². The molecule has 2 aromatic rings. The number of hydrogen-bond donors (Lipinski definition) is 2. The first-order chi connectivity index (χ1) is 9.40. The molecule has 0 spiro atoms. The van der Waals surface area contributed by atoms with E-state index in [0.29, 0.717) is 9.50 Å². The summed E-state index contributed by atoms with van der Waals surface area (Å²) in [5.74, 6) is -2.93. The first-order valence-electron chi connectivity index (χ1n) is 5.40. The molecule has 0 fully saturated rings. The van der Waals surface area contributed by atoms with Gasteiger partial charge in [0.15, 0.2) is 11.6 Å². The van der Waals surface area contributed by atoms with Crippen molar-refractivity contribution in [2.45, 2.75) is 0 Å². The second kappa shape index (κ2) is 5.76. The molecule has 0 unspecified atom stereocenters. The van der Waals surface area contributed by atoms with Crippen molar-refractivity contribution in [2.24, 2.45) is 0 Å². The van der Waals surface area contributed by atoms with E-state index in [-0.39, 0.29) is 11.3 Å². The van der Waals surface area contributed by atoms with Crippen LogP contribution in [0.3, 0.4) is 0 Å². The maximum Gasteiger partial charge on any atom is 0.256 e. The summed E-state index contributed by atoms with van der Waals surface area (Å²) in [7, 11) is 0. The molecule has 2 aromatic carbocycles. The third-order valence-corrected chi connectivity index (χ3v) is 3.43. The number of carbonyl (C=O) groups excluding carboxylic acids is 1. The second-order valence-corrected chi connectivity index (χ2v) is 5.19. The molecule has 0 aliphatic carbocycles. The molecule has 0 radical (unpaired) electrons. The Kier molecular flexibility index (Phi) is 4.25. The Balaban J connectivity index is 2.35. The monoisotopic (exact) mass is 360 g/mol. The molecule has 0 saturated carbocycles. The highest BCUT2D eigenvalue weighted by Gasteiger charge is 2.17. The van der Waals surface area contributed by atoms with Crippen LogP contribution in [-0.4, -0.2) is 5.91 Å². The molecule has 3 nitrogen and oxygen atoms in total. The Morgan fingerprint density at radius 3 is 2.60 bits per heavy atom. The van der Waals surface area contributed by atoms with Crippen LogP contribution < -0.4 is 11.1 Å². The van der Waals surface area contributed by atoms with Gasteiger partial charge in [-0.1, -0.05) is 11.6 Å². The molecule has 0 aliphatic rings. The molecule has 0 bridgehead atoms. The van der Waals surface area contributed by atoms with Crippen LogP contribution in [0.25, 0.3) is 0 Å². The third kappa shape index (κ3) is 2.91. The number of nitrogens with one attached hydrogen (secondary N) is 1. The minimum Gasteiger partial charge on any atom is -0.397 e. The number of anilines is 2. The molecular weight excluding hydrogens is 354 g/mol. The van der Waals surface area contributed by atoms with Crippen molar-refractivity contribution in [3.8, 4) is 0 Å². The lowest BCUT2D eigenvalue weighted by atomic mass is 10.2. The Labute approximate surface area is 126 Å². The van der Waals surface area contributed by atoms with E-state index in [1.165, 1.54) is 24.3 Å². The average Bonchev–Trinajstić information content (AvgIpc) is 2.39. The summed E-state index contributed by atoms with van der Waals surface area (Å²) in [5, 5.41) is 2.68. The Bertz CT molecular complexity index is 694. The van der Waals surface area contributed by atoms with Crippen molar-refractivity contribution in [1.82, 2.24) is 0 Å². The van der Waals surface area contributed by atoms with E-state index in [9.17, 15) is 13.6 Å². The van der Waals surface area contributed by atoms with Crippen LogP contribution in [0.1, 0.15) is 10.4 Å². The van der Waals surface area contributed by atoms with Crippen LogP contribution in [-0.2, 0) is 0 Å². The number of benzene rings is 2. The van der Waals surface area contributed by atoms with Crippen molar-refractivity contribution in [2.75, 3.05) is 11.1 Å². The predicted octanol–water partition coefficient (Wildman–Crippen LogP) is 4.22. The predicted molar refractivity (Wildman–Crippen MR) is 77.9 cm³/mol. The number of nitrogen functional groups attached to an aromatic ring is 1. The second-order valence-electron chi connectivity index (χ2n) is 3.90. The molecule has 0 heterocycles. The number of hydrogen-bond acceptors (Lipinski definition) is 2. The van der Waals surface area contributed by atoms with Gasteiger partial charge in [-0.05, 0) is 46.3 Å². The van der Waals surface area contributed by atoms with Crippen molar-refractivity contribution in [3.05, 3.63) is 57.0 Å². The normalized spacial score (nSPS) is 10.4. The van der Waals surface area contributed by atoms with Gasteiger partial charge in [0.2, 0.25) is 0 Å². The molecule has 104 valence electrons. The van der Waals surface area contributed by atoms with Crippen molar-refractivity contribution < 1.29 is 13.6 Å². The highest BCUT2D eigenvalue weighted by atomic mass is 79.9. The topological polar surface area (TPSA) is 55.1 Å². The van der Waals surface area contributed by atoms with E-state index < -0.39 is 23.2 Å². The number of rotatable bonds is 2. The number of carbonyl (C=O) groups is 1. The highest BCUT2D eigenvalue weighted by molar-refractivity contribution is 9.10. The van der Waals surface area contributed by atoms with Crippen LogP contribution in [0.4, 0.5) is 20.2 Å². The minimum atomic E-state index is -1.21. The molecular formula is C13H8BrClF2N2O. The smallest absolute Gasteiger partial charge is 0.256 e. The molecule has 0 aromatic heterocycles. The summed E-state index contributed by atoms with van der Waals surface area (Å²) < 4.78 is 27.2. The van der Waals surface area contributed by atoms with E-state index in [4.69, 9.17) is 17.3 Å². The fourth-order valence-electron chi connectivity index (χ4n) is 1.55. The van der Waals surface area contributed by atoms with Crippen molar-refractivity contribution in [1.29, 1.82) is 0 Å². The van der Waals surface area contributed by atoms with Gasteiger partial charge in [0, 0.05) is 9.50 Å². The van der Waals surface area contributed by atoms with Crippen LogP contribution in [0.5, 0.6) is 0 Å². The SMILES string of the molecule is Nc1ccc(F)c(F)c1NC(=O)c1ccc(Cl)cc1Br. The molecule has 0 aliphatic heterocycles. The zero-order valence-corrected chi connectivity index (χ0v) is 12.2. The molecule has 3 N–H and O–H groups in total. The molecule has 1 amide bonds. The van der Waals surface area contributed by atoms with Gasteiger partial charge in [0.25, 0.3) is 5.91 Å². The quantitative estimate of drug-likeness (QED) is 0.787. The van der Waals surface area contributed by atoms with Gasteiger partial charge in [-0.25, -0.2) is 8.78 Å². The van der Waals surface area contributed by atoms with Gasteiger partial charge in [-0.2, -0.15) is 0 Å². The first kappa shape index (κ1) is 14.7. The van der Waals surface area contributed by atoms with Crippen molar-refractivity contribution >= 4 is 44.8 Å². The minimum absolute atomic E-state index is 0.0673. The van der Waals surface area contributed by atoms with Crippen LogP contribution in [0.2, 0.25) is 5.02 Å². The highest BCUT2D eigenvalue weighted by Crippen LogP contribution is 2.27. The number of amides is 1. The summed E-state index contributed by atoms with van der Waals surface area (Å²) in [6.07, 6.45) is 0. The summed E-state index contributed by atoms with van der Waals surface area (Å²) in [6.45, 7) is 0. The van der Waals surface area contributed by atoms with Gasteiger partial charge in [-0.3, -0.25) is 4.79 Å². The Morgan fingerprint density at radius 2 is 1.95 bits per heavy atom. The van der Waals surface area contributed by atoms with Gasteiger partial charge in [0.05, 0.1) is 11.3 Å². The van der Waals surface area contributed by atoms with E-state index in [1.807, 2.05) is 0 Å². The van der Waals surface area contributed by atoms with Gasteiger partial charge in [-0.15, -0.1) is 0 Å². The number of nitrogens with two attached hydrogens (primary N) is 1. The van der Waals surface area contributed by atoms with Crippen LogP contribution in [0.15, 0.2) is 34.8 Å². The standard InChI is InChI=1S/C13H8BrClF2N2O/c14-8-5-6(15)1-2-7(8)13(20)19-12-10(18)4-3-9(16)11(12)17/h1-5H,18H2,(H,19,20). The summed E-state index contributed by atoms with van der Waals surface area (Å²) >= 11 is 8.93. The summed E-state index contributed by atoms with van der Waals surface area (Å²) in [4.78, 5) is 12.0. The molecule has 0 saturated heterocycles. The fourth-order valence-corrected chi connectivity index (χ4v) is 2.41. The zero-order chi connectivity index (χ0) is 14.9. The van der Waals surface area contributed by atoms with Crippen molar-refractivity contribution in [3.63, 3.8) is 0 Å². The lowest BCUT2D eigenvalue weighted by Crippen LogP contribution is -2.15. The third-order valence-electron chi connectivity index (χ3n) is 2.54. The summed E-state index contributed by atoms with van der Waals surface area (Å²) in [5.41, 5.74) is 5.29. The maximum absolute atomic E-state index is 13.6. The van der Waals surface area contributed by atoms with E-state index >= 15 is 0 Å². The van der Waals surface area contributed by atoms with E-state index in [2.05, 4.69) is 21.2 Å². The van der Waals surface area contributed by atoms with Crippen LogP contribution in [0, 0.1) is 11.6 Å². The average molecular weight is 362 g/mol. The van der Waals surface area contributed by atoms with Gasteiger partial charge in [0.1, 0.15) is 5.69 Å². The molecule has 0 atom stereocenters. The first-order valence-corrected chi connectivity index (χ1v) is 6.57. The lowest BCUT2D eigenvalue weighted by molar-refractivity contribution is 0.102. The van der Waals surface area contributed by atoms with Gasteiger partial charge >= 0.3 is 0 Å². The zero-order valence-electron chi connectivity index (χ0n) is 9.88. The molecule has 7 heteroatoms. The maximum atomic E-state index is 13.6. The molecule has 20 heavy (non-hydrogen) atoms. The summed E-state index contributed by atoms with van der Waals surface area (Å²) in [6, 6.07) is 6.53. The largest absolute Gasteiger partial charge is 0.397 e. The Morgan fingerprint density at radius 1 is 1.25 bits per heavy atom. The lowest BCUT2D eigenvalue weighted by Gasteiger charge is -2.10. The molecule has 2 rings (SSSR count). The fraction of sp³-hybridized carbons (Fsp3) is 0. The van der Waals surface area contributed by atoms with Crippen LogP contribution >= 0.6 is 27.5 Å². The van der Waals surface area contributed by atoms with E-state index in [1.54, 1.807) is 0 Å².